The molecule has 0 aliphatic heterocycles. The molecule has 0 spiro atoms. The van der Waals surface area contributed by atoms with E-state index < -0.39 is 0 Å². The molecule has 4 N–H and O–H groups in total. The minimum Gasteiger partial charge on any atom is -0.334 e. The molecule has 0 aliphatic rings. The first kappa shape index (κ1) is 16.5. The van der Waals surface area contributed by atoms with Crippen molar-refractivity contribution >= 4 is 11.7 Å². The van der Waals surface area contributed by atoms with E-state index >= 15 is 0 Å². The van der Waals surface area contributed by atoms with Gasteiger partial charge in [-0.25, -0.2) is 4.79 Å². The maximum atomic E-state index is 12.0. The van der Waals surface area contributed by atoms with Gasteiger partial charge in [0.25, 0.3) is 0 Å². The third-order valence-electron chi connectivity index (χ3n) is 3.10. The zero-order chi connectivity index (χ0) is 15.1. The maximum Gasteiger partial charge on any atom is 0.319 e. The highest BCUT2D eigenvalue weighted by Gasteiger charge is 2.16. The van der Waals surface area contributed by atoms with Crippen molar-refractivity contribution in [1.29, 1.82) is 0 Å². The number of rotatable bonds is 6. The zero-order valence-electron chi connectivity index (χ0n) is 12.8. The van der Waals surface area contributed by atoms with Gasteiger partial charge in [0.15, 0.2) is 0 Å². The van der Waals surface area contributed by atoms with E-state index in [0.29, 0.717) is 12.5 Å². The predicted molar refractivity (Wildman–Crippen MR) is 83.7 cm³/mol. The first-order valence-electron chi connectivity index (χ1n) is 6.93. The van der Waals surface area contributed by atoms with Gasteiger partial charge < -0.3 is 21.3 Å². The lowest BCUT2D eigenvalue weighted by molar-refractivity contribution is 0.236. The number of nitrogens with zero attached hydrogens (tertiary/aromatic N) is 1. The lowest BCUT2D eigenvalue weighted by Gasteiger charge is -2.25. The molecule has 0 aliphatic carbocycles. The lowest BCUT2D eigenvalue weighted by Crippen LogP contribution is -2.46. The highest BCUT2D eigenvalue weighted by molar-refractivity contribution is 5.89. The van der Waals surface area contributed by atoms with E-state index in [0.717, 1.165) is 17.8 Å². The van der Waals surface area contributed by atoms with E-state index in [1.165, 1.54) is 0 Å². The fourth-order valence-corrected chi connectivity index (χ4v) is 1.93. The van der Waals surface area contributed by atoms with Crippen molar-refractivity contribution < 1.29 is 4.79 Å². The summed E-state index contributed by atoms with van der Waals surface area (Å²) in [6.45, 7) is 5.48. The molecule has 1 atom stereocenters. The molecule has 5 heteroatoms. The van der Waals surface area contributed by atoms with Gasteiger partial charge in [-0.1, -0.05) is 26.0 Å². The fourth-order valence-electron chi connectivity index (χ4n) is 1.93. The van der Waals surface area contributed by atoms with Crippen LogP contribution in [0.2, 0.25) is 0 Å². The number of carbonyl (C=O) groups is 1. The van der Waals surface area contributed by atoms with Gasteiger partial charge in [0.05, 0.1) is 0 Å². The van der Waals surface area contributed by atoms with Crippen LogP contribution in [0.3, 0.4) is 0 Å². The fraction of sp³-hybridized carbons (Fsp3) is 0.533. The van der Waals surface area contributed by atoms with Gasteiger partial charge in [-0.05, 0) is 37.7 Å². The maximum absolute atomic E-state index is 12.0. The molecule has 1 rings (SSSR count). The van der Waals surface area contributed by atoms with E-state index in [9.17, 15) is 4.79 Å². The molecule has 0 saturated carbocycles. The van der Waals surface area contributed by atoms with Gasteiger partial charge in [-0.3, -0.25) is 0 Å². The summed E-state index contributed by atoms with van der Waals surface area (Å²) in [6.07, 6.45) is 0. The van der Waals surface area contributed by atoms with Crippen LogP contribution in [0.25, 0.3) is 0 Å². The summed E-state index contributed by atoms with van der Waals surface area (Å²) < 4.78 is 0. The van der Waals surface area contributed by atoms with E-state index in [-0.39, 0.29) is 12.1 Å². The Balaban J connectivity index is 2.60. The summed E-state index contributed by atoms with van der Waals surface area (Å²) in [7, 11) is 4.00. The van der Waals surface area contributed by atoms with Crippen LogP contribution in [0, 0.1) is 5.92 Å². The number of urea groups is 1. The smallest absolute Gasteiger partial charge is 0.319 e. The number of likely N-dealkylation sites (N-methyl/N-ethyl adjacent to an activating group) is 1. The van der Waals surface area contributed by atoms with Crippen molar-refractivity contribution in [2.24, 2.45) is 11.7 Å². The molecule has 2 amide bonds. The van der Waals surface area contributed by atoms with E-state index in [2.05, 4.69) is 29.4 Å². The molecule has 1 aromatic carbocycles. The highest BCUT2D eigenvalue weighted by atomic mass is 16.2. The average Bonchev–Trinajstić information content (AvgIpc) is 2.37. The van der Waals surface area contributed by atoms with Crippen molar-refractivity contribution in [1.82, 2.24) is 10.2 Å². The molecular weight excluding hydrogens is 252 g/mol. The second-order valence-corrected chi connectivity index (χ2v) is 5.62. The molecule has 0 radical (unpaired) electrons. The van der Waals surface area contributed by atoms with Crippen molar-refractivity contribution in [3.8, 4) is 0 Å². The summed E-state index contributed by atoms with van der Waals surface area (Å²) >= 11 is 0. The van der Waals surface area contributed by atoms with Crippen molar-refractivity contribution in [2.75, 3.05) is 26.0 Å². The lowest BCUT2D eigenvalue weighted by atomic mass is 10.0. The number of amides is 2. The van der Waals surface area contributed by atoms with E-state index in [4.69, 9.17) is 5.73 Å². The first-order chi connectivity index (χ1) is 9.42. The molecule has 0 fully saturated rings. The number of hydrogen-bond acceptors (Lipinski definition) is 3. The van der Waals surface area contributed by atoms with Crippen LogP contribution in [0.4, 0.5) is 10.5 Å². The summed E-state index contributed by atoms with van der Waals surface area (Å²) in [5.74, 6) is 0.374. The minimum atomic E-state index is -0.181. The third kappa shape index (κ3) is 5.59. The van der Waals surface area contributed by atoms with Crippen LogP contribution in [0.5, 0.6) is 0 Å². The highest BCUT2D eigenvalue weighted by Crippen LogP contribution is 2.10. The Kier molecular flexibility index (Phi) is 6.48. The molecule has 1 aromatic rings. The third-order valence-corrected chi connectivity index (χ3v) is 3.10. The number of nitrogens with two attached hydrogens (primary N) is 1. The van der Waals surface area contributed by atoms with E-state index in [1.54, 1.807) is 0 Å². The average molecular weight is 278 g/mol. The van der Waals surface area contributed by atoms with Crippen molar-refractivity contribution in [3.63, 3.8) is 0 Å². The molecule has 0 bridgehead atoms. The summed E-state index contributed by atoms with van der Waals surface area (Å²) in [5.41, 5.74) is 7.35. The van der Waals surface area contributed by atoms with Crippen LogP contribution < -0.4 is 16.4 Å². The Bertz CT molecular complexity index is 432. The number of hydrogen-bond donors (Lipinski definition) is 3. The molecule has 0 heterocycles. The second kappa shape index (κ2) is 7.87. The Hall–Kier alpha value is -1.59. The van der Waals surface area contributed by atoms with Gasteiger partial charge in [0, 0.05) is 24.8 Å². The van der Waals surface area contributed by atoms with Gasteiger partial charge in [0.1, 0.15) is 0 Å². The predicted octanol–water partition coefficient (Wildman–Crippen LogP) is 1.85. The second-order valence-electron chi connectivity index (χ2n) is 5.62. The van der Waals surface area contributed by atoms with Crippen LogP contribution in [-0.4, -0.2) is 37.6 Å². The minimum absolute atomic E-state index is 0.114. The van der Waals surface area contributed by atoms with Crippen LogP contribution in [0.1, 0.15) is 19.4 Å². The van der Waals surface area contributed by atoms with Gasteiger partial charge in [-0.2, -0.15) is 0 Å². The Morgan fingerprint density at radius 3 is 2.60 bits per heavy atom. The normalized spacial score (nSPS) is 12.6. The van der Waals surface area contributed by atoms with E-state index in [1.807, 2.05) is 38.4 Å². The number of carbonyl (C=O) groups excluding carboxylic acids is 1. The number of nitrogens with one attached hydrogen (secondary N) is 2. The Morgan fingerprint density at radius 1 is 1.35 bits per heavy atom. The monoisotopic (exact) mass is 278 g/mol. The van der Waals surface area contributed by atoms with Crippen LogP contribution in [-0.2, 0) is 6.54 Å². The van der Waals surface area contributed by atoms with Crippen LogP contribution >= 0.6 is 0 Å². The van der Waals surface area contributed by atoms with Crippen molar-refractivity contribution in [3.05, 3.63) is 29.8 Å². The number of benzene rings is 1. The Labute approximate surface area is 121 Å². The summed E-state index contributed by atoms with van der Waals surface area (Å²) in [6, 6.07) is 7.50. The van der Waals surface area contributed by atoms with Crippen LogP contribution in [0.15, 0.2) is 24.3 Å². The largest absolute Gasteiger partial charge is 0.334 e. The first-order valence-corrected chi connectivity index (χ1v) is 6.93. The Morgan fingerprint density at radius 2 is 2.05 bits per heavy atom. The topological polar surface area (TPSA) is 70.4 Å². The standard InChI is InChI=1S/C15H26N4O/c1-11(2)14(10-19(3)4)18-15(20)17-13-7-5-6-12(8-13)9-16/h5-8,11,14H,9-10,16H2,1-4H3,(H2,17,18,20). The zero-order valence-corrected chi connectivity index (χ0v) is 12.8. The van der Waals surface area contributed by atoms with Crippen molar-refractivity contribution in [2.45, 2.75) is 26.4 Å². The van der Waals surface area contributed by atoms with Gasteiger partial charge in [-0.15, -0.1) is 0 Å². The van der Waals surface area contributed by atoms with Gasteiger partial charge >= 0.3 is 6.03 Å². The molecule has 112 valence electrons. The van der Waals surface area contributed by atoms with Gasteiger partial charge in [0.2, 0.25) is 0 Å². The summed E-state index contributed by atoms with van der Waals surface area (Å²) in [4.78, 5) is 14.1. The molecule has 0 saturated heterocycles. The summed E-state index contributed by atoms with van der Waals surface area (Å²) in [5, 5.41) is 5.86. The molecule has 1 unspecified atom stereocenters. The SMILES string of the molecule is CC(C)C(CN(C)C)NC(=O)Nc1cccc(CN)c1. The molecule has 0 aromatic heterocycles. The number of anilines is 1. The quantitative estimate of drug-likeness (QED) is 0.744. The molecular formula is C15H26N4O. The molecule has 5 nitrogen and oxygen atoms in total. The molecule has 20 heavy (non-hydrogen) atoms.